The number of aryl methyl sites for hydroxylation is 2. The molecule has 21 heavy (non-hydrogen) atoms. The fourth-order valence-corrected chi connectivity index (χ4v) is 3.22. The molecular formula is C16H15BrCl2FN. The summed E-state index contributed by atoms with van der Waals surface area (Å²) in [5.74, 6) is -0.465. The predicted octanol–water partition coefficient (Wildman–Crippen LogP) is 6.68. The van der Waals surface area contributed by atoms with E-state index in [9.17, 15) is 4.39 Å². The standard InChI is InChI=1S/C16H15BrCl2FN/c1-8-6-11(7-9(2)15(8)17)21-10(3)14-12(18)4-5-13(20)16(14)19/h4-7,10,21H,1-3H3. The molecule has 2 rings (SSSR count). The van der Waals surface area contributed by atoms with E-state index in [0.29, 0.717) is 10.6 Å². The van der Waals surface area contributed by atoms with E-state index in [1.165, 1.54) is 12.1 Å². The minimum absolute atomic E-state index is 0.0630. The summed E-state index contributed by atoms with van der Waals surface area (Å²) in [6.07, 6.45) is 0. The van der Waals surface area contributed by atoms with E-state index in [1.54, 1.807) is 0 Å². The van der Waals surface area contributed by atoms with E-state index in [0.717, 1.165) is 21.3 Å². The number of halogens is 4. The summed E-state index contributed by atoms with van der Waals surface area (Å²) in [5.41, 5.74) is 3.76. The second-order valence-electron chi connectivity index (χ2n) is 5.05. The first-order valence-corrected chi connectivity index (χ1v) is 8.02. The van der Waals surface area contributed by atoms with Crippen LogP contribution in [0.1, 0.15) is 29.7 Å². The molecule has 1 atom stereocenters. The Bertz CT molecular complexity index is 665. The summed E-state index contributed by atoms with van der Waals surface area (Å²) >= 11 is 15.7. The molecule has 2 aromatic rings. The normalized spacial score (nSPS) is 12.3. The van der Waals surface area contributed by atoms with Crippen LogP contribution in [0.4, 0.5) is 10.1 Å². The van der Waals surface area contributed by atoms with E-state index in [-0.39, 0.29) is 11.1 Å². The third-order valence-electron chi connectivity index (χ3n) is 3.33. The molecule has 0 aliphatic rings. The Morgan fingerprint density at radius 2 is 1.71 bits per heavy atom. The average Bonchev–Trinajstić information content (AvgIpc) is 2.40. The van der Waals surface area contributed by atoms with Gasteiger partial charge in [0.2, 0.25) is 0 Å². The van der Waals surface area contributed by atoms with Gasteiger partial charge >= 0.3 is 0 Å². The molecule has 1 N–H and O–H groups in total. The number of nitrogens with one attached hydrogen (secondary N) is 1. The van der Waals surface area contributed by atoms with Gasteiger partial charge in [0.05, 0.1) is 11.1 Å². The van der Waals surface area contributed by atoms with Gasteiger partial charge in [-0.25, -0.2) is 4.39 Å². The average molecular weight is 391 g/mol. The third-order valence-corrected chi connectivity index (χ3v) is 5.30. The summed E-state index contributed by atoms with van der Waals surface area (Å²) in [4.78, 5) is 0. The van der Waals surface area contributed by atoms with Crippen LogP contribution in [-0.4, -0.2) is 0 Å². The van der Waals surface area contributed by atoms with Gasteiger partial charge in [-0.15, -0.1) is 0 Å². The summed E-state index contributed by atoms with van der Waals surface area (Å²) in [6, 6.07) is 6.63. The number of benzene rings is 2. The lowest BCUT2D eigenvalue weighted by Gasteiger charge is -2.20. The first kappa shape index (κ1) is 16.6. The molecule has 0 saturated carbocycles. The molecule has 0 fully saturated rings. The van der Waals surface area contributed by atoms with Crippen LogP contribution in [0.25, 0.3) is 0 Å². The third kappa shape index (κ3) is 3.53. The van der Waals surface area contributed by atoms with Gasteiger partial charge in [-0.2, -0.15) is 0 Å². The monoisotopic (exact) mass is 389 g/mol. The zero-order chi connectivity index (χ0) is 15.7. The highest BCUT2D eigenvalue weighted by molar-refractivity contribution is 9.10. The van der Waals surface area contributed by atoms with E-state index in [4.69, 9.17) is 23.2 Å². The largest absolute Gasteiger partial charge is 0.378 e. The fraction of sp³-hybridized carbons (Fsp3) is 0.250. The summed E-state index contributed by atoms with van der Waals surface area (Å²) in [5, 5.41) is 3.83. The van der Waals surface area contributed by atoms with E-state index in [1.807, 2.05) is 32.9 Å². The zero-order valence-corrected chi connectivity index (χ0v) is 15.0. The molecular weight excluding hydrogens is 376 g/mol. The van der Waals surface area contributed by atoms with Crippen LogP contribution in [0.15, 0.2) is 28.7 Å². The van der Waals surface area contributed by atoms with E-state index >= 15 is 0 Å². The van der Waals surface area contributed by atoms with Crippen LogP contribution in [0.2, 0.25) is 10.0 Å². The molecule has 0 heterocycles. The molecule has 0 spiro atoms. The van der Waals surface area contributed by atoms with Crippen molar-refractivity contribution in [2.24, 2.45) is 0 Å². The topological polar surface area (TPSA) is 12.0 Å². The summed E-state index contributed by atoms with van der Waals surface area (Å²) in [7, 11) is 0. The molecule has 5 heteroatoms. The van der Waals surface area contributed by atoms with Crippen LogP contribution in [0, 0.1) is 19.7 Å². The second-order valence-corrected chi connectivity index (χ2v) is 6.63. The Morgan fingerprint density at radius 3 is 2.29 bits per heavy atom. The van der Waals surface area contributed by atoms with Gasteiger partial charge in [-0.05, 0) is 56.2 Å². The maximum atomic E-state index is 13.6. The molecule has 2 aromatic carbocycles. The molecule has 112 valence electrons. The number of hydrogen-bond acceptors (Lipinski definition) is 1. The molecule has 0 bridgehead atoms. The highest BCUT2D eigenvalue weighted by atomic mass is 79.9. The zero-order valence-electron chi connectivity index (χ0n) is 11.9. The maximum Gasteiger partial charge on any atom is 0.142 e. The van der Waals surface area contributed by atoms with Gasteiger partial charge in [0.1, 0.15) is 5.82 Å². The quantitative estimate of drug-likeness (QED) is 0.576. The smallest absolute Gasteiger partial charge is 0.142 e. The van der Waals surface area contributed by atoms with Crippen molar-refractivity contribution in [2.45, 2.75) is 26.8 Å². The Labute approximate surface area is 142 Å². The summed E-state index contributed by atoms with van der Waals surface area (Å²) < 4.78 is 14.7. The summed E-state index contributed by atoms with van der Waals surface area (Å²) in [6.45, 7) is 5.95. The van der Waals surface area contributed by atoms with Gasteiger partial charge in [0.25, 0.3) is 0 Å². The minimum atomic E-state index is -0.465. The van der Waals surface area contributed by atoms with Crippen LogP contribution >= 0.6 is 39.1 Å². The first-order chi connectivity index (χ1) is 9.81. The van der Waals surface area contributed by atoms with Gasteiger partial charge in [0.15, 0.2) is 0 Å². The predicted molar refractivity (Wildman–Crippen MR) is 92.1 cm³/mol. The molecule has 0 aromatic heterocycles. The molecule has 1 unspecified atom stereocenters. The van der Waals surface area contributed by atoms with Gasteiger partial charge in [-0.1, -0.05) is 39.1 Å². The van der Waals surface area contributed by atoms with Crippen molar-refractivity contribution in [1.82, 2.24) is 0 Å². The van der Waals surface area contributed by atoms with Gasteiger partial charge in [0, 0.05) is 20.7 Å². The Morgan fingerprint density at radius 1 is 1.14 bits per heavy atom. The minimum Gasteiger partial charge on any atom is -0.378 e. The maximum absolute atomic E-state index is 13.6. The fourth-order valence-electron chi connectivity index (χ4n) is 2.29. The van der Waals surface area contributed by atoms with Crippen LogP contribution in [0.5, 0.6) is 0 Å². The van der Waals surface area contributed by atoms with Gasteiger partial charge in [-0.3, -0.25) is 0 Å². The Kier molecular flexibility index (Phi) is 5.18. The molecule has 0 amide bonds. The van der Waals surface area contributed by atoms with Crippen molar-refractivity contribution in [3.05, 3.63) is 61.3 Å². The highest BCUT2D eigenvalue weighted by Gasteiger charge is 2.17. The molecule has 0 aliphatic heterocycles. The van der Waals surface area contributed by atoms with E-state index < -0.39 is 5.82 Å². The van der Waals surface area contributed by atoms with Crippen molar-refractivity contribution in [1.29, 1.82) is 0 Å². The second kappa shape index (κ2) is 6.55. The van der Waals surface area contributed by atoms with Crippen LogP contribution < -0.4 is 5.32 Å². The number of rotatable bonds is 3. The van der Waals surface area contributed by atoms with Crippen molar-refractivity contribution < 1.29 is 4.39 Å². The van der Waals surface area contributed by atoms with Crippen LogP contribution in [-0.2, 0) is 0 Å². The molecule has 0 radical (unpaired) electrons. The highest BCUT2D eigenvalue weighted by Crippen LogP contribution is 2.35. The Balaban J connectivity index is 2.35. The molecule has 0 saturated heterocycles. The van der Waals surface area contributed by atoms with Crippen molar-refractivity contribution in [3.63, 3.8) is 0 Å². The van der Waals surface area contributed by atoms with Crippen molar-refractivity contribution >= 4 is 44.8 Å². The first-order valence-electron chi connectivity index (χ1n) is 6.48. The molecule has 1 nitrogen and oxygen atoms in total. The van der Waals surface area contributed by atoms with Gasteiger partial charge < -0.3 is 5.32 Å². The Hall–Kier alpha value is -0.770. The van der Waals surface area contributed by atoms with Crippen molar-refractivity contribution in [2.75, 3.05) is 5.32 Å². The number of hydrogen-bond donors (Lipinski definition) is 1. The SMILES string of the molecule is Cc1cc(NC(C)c2c(Cl)ccc(F)c2Cl)cc(C)c1Br. The lowest BCUT2D eigenvalue weighted by molar-refractivity contribution is 0.624. The lowest BCUT2D eigenvalue weighted by Crippen LogP contribution is -2.09. The number of anilines is 1. The molecule has 0 aliphatic carbocycles. The van der Waals surface area contributed by atoms with Crippen LogP contribution in [0.3, 0.4) is 0 Å². The van der Waals surface area contributed by atoms with E-state index in [2.05, 4.69) is 21.2 Å². The van der Waals surface area contributed by atoms with Crippen molar-refractivity contribution in [3.8, 4) is 0 Å². The lowest BCUT2D eigenvalue weighted by atomic mass is 10.1.